The molecule has 8 heteroatoms. The summed E-state index contributed by atoms with van der Waals surface area (Å²) in [6, 6.07) is 3.04. The van der Waals surface area contributed by atoms with E-state index in [0.717, 1.165) is 7.05 Å². The molecule has 2 rings (SSSR count). The lowest BCUT2D eigenvalue weighted by Crippen LogP contribution is -2.46. The van der Waals surface area contributed by atoms with Crippen molar-refractivity contribution in [3.63, 3.8) is 0 Å². The highest BCUT2D eigenvalue weighted by molar-refractivity contribution is 6.02. The van der Waals surface area contributed by atoms with Crippen molar-refractivity contribution in [1.29, 1.82) is 0 Å². The zero-order valence-electron chi connectivity index (χ0n) is 11.2. The van der Waals surface area contributed by atoms with Crippen LogP contribution in [0, 0.1) is 0 Å². The van der Waals surface area contributed by atoms with Gasteiger partial charge in [0.25, 0.3) is 0 Å². The van der Waals surface area contributed by atoms with Crippen LogP contribution in [-0.4, -0.2) is 42.6 Å². The molecule has 0 saturated heterocycles. The molecule has 0 N–H and O–H groups in total. The predicted molar refractivity (Wildman–Crippen MR) is 65.2 cm³/mol. The molecule has 0 bridgehead atoms. The fraction of sp³-hybridized carbons (Fsp3) is 0.385. The summed E-state index contributed by atoms with van der Waals surface area (Å²) in [4.78, 5) is 23.7. The Kier molecular flexibility index (Phi) is 3.80. The first-order chi connectivity index (χ1) is 9.71. The molecule has 0 saturated carbocycles. The standard InChI is InChI=1S/C13H12F3NO4/c1-7(17(2)12(19)13(14,15)16)11(18)8-3-4-9-10(5-8)21-6-20-9/h3-5,7H,6H2,1-2H3. The van der Waals surface area contributed by atoms with Crippen molar-refractivity contribution >= 4 is 11.7 Å². The molecule has 1 aliphatic heterocycles. The molecule has 1 aromatic rings. The normalized spacial score (nSPS) is 14.7. The number of fused-ring (bicyclic) bond motifs is 1. The molecule has 1 unspecified atom stereocenters. The summed E-state index contributed by atoms with van der Waals surface area (Å²) < 4.78 is 47.3. The van der Waals surface area contributed by atoms with Gasteiger partial charge in [0.1, 0.15) is 0 Å². The number of nitrogens with zero attached hydrogens (tertiary/aromatic N) is 1. The predicted octanol–water partition coefficient (Wildman–Crippen LogP) is 2.01. The smallest absolute Gasteiger partial charge is 0.454 e. The topological polar surface area (TPSA) is 55.8 Å². The number of amides is 1. The van der Waals surface area contributed by atoms with Crippen LogP contribution in [0.15, 0.2) is 18.2 Å². The van der Waals surface area contributed by atoms with Gasteiger partial charge in [0.2, 0.25) is 6.79 Å². The van der Waals surface area contributed by atoms with Crippen molar-refractivity contribution in [2.24, 2.45) is 0 Å². The molecule has 1 atom stereocenters. The Morgan fingerprint density at radius 1 is 1.24 bits per heavy atom. The maximum absolute atomic E-state index is 12.4. The van der Waals surface area contributed by atoms with Crippen LogP contribution in [0.1, 0.15) is 17.3 Å². The maximum atomic E-state index is 12.4. The van der Waals surface area contributed by atoms with Crippen LogP contribution < -0.4 is 9.47 Å². The van der Waals surface area contributed by atoms with E-state index in [2.05, 4.69) is 0 Å². The highest BCUT2D eigenvalue weighted by atomic mass is 19.4. The lowest BCUT2D eigenvalue weighted by molar-refractivity contribution is -0.185. The van der Waals surface area contributed by atoms with E-state index in [1.807, 2.05) is 0 Å². The molecular formula is C13H12F3NO4. The molecule has 0 spiro atoms. The largest absolute Gasteiger partial charge is 0.471 e. The number of ether oxygens (including phenoxy) is 2. The number of hydrogen-bond donors (Lipinski definition) is 0. The van der Waals surface area contributed by atoms with Crippen LogP contribution in [0.5, 0.6) is 11.5 Å². The van der Waals surface area contributed by atoms with Gasteiger partial charge < -0.3 is 14.4 Å². The van der Waals surface area contributed by atoms with Crippen LogP contribution in [0.3, 0.4) is 0 Å². The number of ketones is 1. The molecule has 21 heavy (non-hydrogen) atoms. The average molecular weight is 303 g/mol. The van der Waals surface area contributed by atoms with Crippen molar-refractivity contribution < 1.29 is 32.2 Å². The number of benzene rings is 1. The molecule has 1 amide bonds. The van der Waals surface area contributed by atoms with Crippen molar-refractivity contribution in [3.05, 3.63) is 23.8 Å². The van der Waals surface area contributed by atoms with E-state index in [1.165, 1.54) is 25.1 Å². The summed E-state index contributed by atoms with van der Waals surface area (Å²) in [5, 5.41) is 0. The van der Waals surface area contributed by atoms with Crippen molar-refractivity contribution in [2.75, 3.05) is 13.8 Å². The quantitative estimate of drug-likeness (QED) is 0.802. The summed E-state index contributed by atoms with van der Waals surface area (Å²) in [6.07, 6.45) is -5.02. The van der Waals surface area contributed by atoms with Gasteiger partial charge in [-0.2, -0.15) is 13.2 Å². The highest BCUT2D eigenvalue weighted by Gasteiger charge is 2.43. The number of carbonyl (C=O) groups excluding carboxylic acids is 2. The molecule has 0 fully saturated rings. The maximum Gasteiger partial charge on any atom is 0.471 e. The Bertz CT molecular complexity index is 585. The van der Waals surface area contributed by atoms with Crippen molar-refractivity contribution in [3.8, 4) is 11.5 Å². The number of Topliss-reactive ketones (excluding diaryl/α,β-unsaturated/α-hetero) is 1. The summed E-state index contributed by atoms with van der Waals surface area (Å²) in [5.41, 5.74) is 0.147. The number of carbonyl (C=O) groups is 2. The molecule has 1 aliphatic rings. The molecule has 0 radical (unpaired) electrons. The first-order valence-corrected chi connectivity index (χ1v) is 5.99. The number of halogens is 3. The second-order valence-electron chi connectivity index (χ2n) is 4.52. The van der Waals surface area contributed by atoms with Gasteiger partial charge in [0, 0.05) is 12.6 Å². The number of alkyl halides is 3. The summed E-state index contributed by atoms with van der Waals surface area (Å²) >= 11 is 0. The lowest BCUT2D eigenvalue weighted by Gasteiger charge is -2.24. The molecule has 1 aromatic carbocycles. The van der Waals surface area contributed by atoms with E-state index >= 15 is 0 Å². The van der Waals surface area contributed by atoms with E-state index in [0.29, 0.717) is 16.4 Å². The highest BCUT2D eigenvalue weighted by Crippen LogP contribution is 2.33. The Morgan fingerprint density at radius 2 is 1.86 bits per heavy atom. The van der Waals surface area contributed by atoms with Crippen LogP contribution in [0.25, 0.3) is 0 Å². The minimum atomic E-state index is -5.02. The molecule has 5 nitrogen and oxygen atoms in total. The number of hydrogen-bond acceptors (Lipinski definition) is 4. The Hall–Kier alpha value is -2.25. The minimum Gasteiger partial charge on any atom is -0.454 e. The van der Waals surface area contributed by atoms with Gasteiger partial charge in [0.05, 0.1) is 6.04 Å². The lowest BCUT2D eigenvalue weighted by atomic mass is 10.0. The SMILES string of the molecule is CC(C(=O)c1ccc2c(c1)OCO2)N(C)C(=O)C(F)(F)F. The van der Waals surface area contributed by atoms with Crippen LogP contribution in [-0.2, 0) is 4.79 Å². The third-order valence-electron chi connectivity index (χ3n) is 3.18. The summed E-state index contributed by atoms with van der Waals surface area (Å²) in [5.74, 6) is -1.88. The Balaban J connectivity index is 2.18. The fourth-order valence-corrected chi connectivity index (χ4v) is 1.84. The van der Waals surface area contributed by atoms with Gasteiger partial charge in [-0.05, 0) is 25.1 Å². The monoisotopic (exact) mass is 303 g/mol. The zero-order chi connectivity index (χ0) is 15.8. The van der Waals surface area contributed by atoms with E-state index in [-0.39, 0.29) is 12.4 Å². The second kappa shape index (κ2) is 5.27. The molecule has 0 aromatic heterocycles. The average Bonchev–Trinajstić information content (AvgIpc) is 2.90. The summed E-state index contributed by atoms with van der Waals surface area (Å²) in [6.45, 7) is 1.26. The Morgan fingerprint density at radius 3 is 2.48 bits per heavy atom. The van der Waals surface area contributed by atoms with E-state index in [1.54, 1.807) is 0 Å². The fourth-order valence-electron chi connectivity index (χ4n) is 1.84. The number of rotatable bonds is 3. The Labute approximate surface area is 118 Å². The minimum absolute atomic E-state index is 0.0228. The third-order valence-corrected chi connectivity index (χ3v) is 3.18. The molecule has 0 aliphatic carbocycles. The van der Waals surface area contributed by atoms with Gasteiger partial charge in [-0.15, -0.1) is 0 Å². The van der Waals surface area contributed by atoms with Crippen LogP contribution >= 0.6 is 0 Å². The van der Waals surface area contributed by atoms with Gasteiger partial charge in [-0.3, -0.25) is 9.59 Å². The van der Waals surface area contributed by atoms with Gasteiger partial charge in [-0.1, -0.05) is 0 Å². The zero-order valence-corrected chi connectivity index (χ0v) is 11.2. The number of likely N-dealkylation sites (N-methyl/N-ethyl adjacent to an activating group) is 1. The van der Waals surface area contributed by atoms with Crippen molar-refractivity contribution in [1.82, 2.24) is 4.90 Å². The van der Waals surface area contributed by atoms with E-state index < -0.39 is 23.9 Å². The molecule has 1 heterocycles. The van der Waals surface area contributed by atoms with E-state index in [4.69, 9.17) is 9.47 Å². The second-order valence-corrected chi connectivity index (χ2v) is 4.52. The van der Waals surface area contributed by atoms with Crippen LogP contribution in [0.4, 0.5) is 13.2 Å². The van der Waals surface area contributed by atoms with E-state index in [9.17, 15) is 22.8 Å². The first-order valence-electron chi connectivity index (χ1n) is 5.99. The third kappa shape index (κ3) is 2.93. The van der Waals surface area contributed by atoms with Gasteiger partial charge in [0.15, 0.2) is 17.3 Å². The summed E-state index contributed by atoms with van der Waals surface area (Å²) in [7, 11) is 0.936. The molecular weight excluding hydrogens is 291 g/mol. The first kappa shape index (κ1) is 15.1. The van der Waals surface area contributed by atoms with Crippen LogP contribution in [0.2, 0.25) is 0 Å². The van der Waals surface area contributed by atoms with Gasteiger partial charge >= 0.3 is 12.1 Å². The van der Waals surface area contributed by atoms with Crippen molar-refractivity contribution in [2.45, 2.75) is 19.1 Å². The molecule has 114 valence electrons. The van der Waals surface area contributed by atoms with Gasteiger partial charge in [-0.25, -0.2) is 0 Å².